The second-order valence-corrected chi connectivity index (χ2v) is 29.6. The highest BCUT2D eigenvalue weighted by Gasteiger charge is 2.27. The summed E-state index contributed by atoms with van der Waals surface area (Å²) < 4.78 is 128. The molecule has 0 spiro atoms. The zero-order chi connectivity index (χ0) is 65.9. The Hall–Kier alpha value is -8.07. The predicted molar refractivity (Wildman–Crippen MR) is 344 cm³/mol. The summed E-state index contributed by atoms with van der Waals surface area (Å²) in [5.74, 6) is 2.37. The van der Waals surface area contributed by atoms with Gasteiger partial charge in [0, 0.05) is 26.0 Å². The van der Waals surface area contributed by atoms with E-state index in [2.05, 4.69) is 25.4 Å². The number of para-hydroxylation sites is 1. The third-order valence-electron chi connectivity index (χ3n) is 10.4. The van der Waals surface area contributed by atoms with E-state index in [0.717, 1.165) is 17.1 Å². The lowest BCUT2D eigenvalue weighted by Gasteiger charge is -2.18. The van der Waals surface area contributed by atoms with E-state index in [4.69, 9.17) is 26.2 Å². The fraction of sp³-hybridized carbons (Fsp3) is 0.277. The number of hydrogen-bond acceptors (Lipinski definition) is 20. The largest absolute Gasteiger partial charge is 0.457 e. The minimum absolute atomic E-state index is 0.0935. The van der Waals surface area contributed by atoms with Crippen molar-refractivity contribution in [1.82, 2.24) is 4.98 Å². The first-order chi connectivity index (χ1) is 41.4. The summed E-state index contributed by atoms with van der Waals surface area (Å²) in [6.07, 6.45) is 3.22. The zero-order valence-corrected chi connectivity index (χ0v) is 55.4. The highest BCUT2D eigenvalue weighted by Crippen LogP contribution is 2.30. The van der Waals surface area contributed by atoms with Gasteiger partial charge in [0.1, 0.15) is 23.0 Å². The van der Waals surface area contributed by atoms with Gasteiger partial charge in [-0.1, -0.05) is 36.4 Å². The van der Waals surface area contributed by atoms with Crippen molar-refractivity contribution >= 4 is 68.9 Å². The minimum atomic E-state index is -3.79. The Bertz CT molecular complexity index is 3900. The molecule has 0 amide bonds. The van der Waals surface area contributed by atoms with Gasteiger partial charge in [-0.15, -0.1) is 0 Å². The molecule has 24 heteroatoms. The van der Waals surface area contributed by atoms with E-state index in [1.165, 1.54) is 48.5 Å². The van der Waals surface area contributed by atoms with Gasteiger partial charge in [0.2, 0.25) is 0 Å². The van der Waals surface area contributed by atoms with Crippen LogP contribution in [0.4, 0.5) is 28.4 Å². The van der Waals surface area contributed by atoms with Crippen LogP contribution in [0.3, 0.4) is 0 Å². The van der Waals surface area contributed by atoms with Gasteiger partial charge in [-0.2, -0.15) is 54.1 Å². The second kappa shape index (κ2) is 30.9. The monoisotopic (exact) mass is 1290 g/mol. The SMILES string of the molecule is CC(C)(C)OS(=O)(=O)c1ccc(N=Nc2ccccc2)cc1.CC(C)(C)OS(=O)(=O)c1ccc(Oc2ccccc2)cc1.CC(C)(C)OS(=O)(=O)c1ccc(Oc2cccnc2)cc1.CN(C)c1ccc(N=Nc2ccc(S(=O)(=O)OC(C)(C)C)cc2)cc1. The average Bonchev–Trinajstić information content (AvgIpc) is 1.48. The molecule has 0 saturated heterocycles. The molecule has 0 aliphatic heterocycles. The van der Waals surface area contributed by atoms with Gasteiger partial charge < -0.3 is 14.4 Å². The first kappa shape index (κ1) is 71.7. The number of benzene rings is 7. The highest BCUT2D eigenvalue weighted by atomic mass is 32.2. The fourth-order valence-corrected chi connectivity index (χ4v) is 11.8. The van der Waals surface area contributed by atoms with E-state index >= 15 is 0 Å². The molecule has 8 aromatic rings. The molecule has 0 fully saturated rings. The second-order valence-electron chi connectivity index (χ2n) is 23.4. The van der Waals surface area contributed by atoms with Crippen LogP contribution in [-0.2, 0) is 57.2 Å². The Morgan fingerprint density at radius 1 is 0.315 bits per heavy atom. The summed E-state index contributed by atoms with van der Waals surface area (Å²) >= 11 is 0. The maximum Gasteiger partial charge on any atom is 0.297 e. The van der Waals surface area contributed by atoms with Gasteiger partial charge >= 0.3 is 0 Å². The van der Waals surface area contributed by atoms with Crippen LogP contribution in [-0.4, -0.2) is 75.2 Å². The van der Waals surface area contributed by atoms with Crippen LogP contribution in [0.2, 0.25) is 0 Å². The summed E-state index contributed by atoms with van der Waals surface area (Å²) in [6, 6.07) is 54.2. The van der Waals surface area contributed by atoms with Crippen molar-refractivity contribution in [2.24, 2.45) is 20.5 Å². The Balaban J connectivity index is 0.000000216. The van der Waals surface area contributed by atoms with E-state index in [0.29, 0.717) is 34.4 Å². The van der Waals surface area contributed by atoms with Crippen molar-refractivity contribution in [1.29, 1.82) is 0 Å². The predicted octanol–water partition coefficient (Wildman–Crippen LogP) is 16.6. The molecule has 1 heterocycles. The number of hydrogen-bond donors (Lipinski definition) is 0. The number of rotatable bonds is 17. The third kappa shape index (κ3) is 26.3. The summed E-state index contributed by atoms with van der Waals surface area (Å²) in [5, 5.41) is 16.4. The van der Waals surface area contributed by atoms with Crippen LogP contribution in [0, 0.1) is 0 Å². The number of azo groups is 2. The van der Waals surface area contributed by atoms with Crippen molar-refractivity contribution < 1.29 is 59.9 Å². The number of ether oxygens (including phenoxy) is 2. The number of nitrogens with zero attached hydrogens (tertiary/aromatic N) is 6. The molecule has 0 unspecified atom stereocenters. The topological polar surface area (TPSA) is 258 Å². The van der Waals surface area contributed by atoms with Gasteiger partial charge in [-0.25, -0.2) is 0 Å². The number of pyridine rings is 1. The van der Waals surface area contributed by atoms with Crippen LogP contribution < -0.4 is 14.4 Å². The Kier molecular flexibility index (Phi) is 24.9. The molecule has 20 nitrogen and oxygen atoms in total. The van der Waals surface area contributed by atoms with Gasteiger partial charge in [0.15, 0.2) is 0 Å². The summed E-state index contributed by atoms with van der Waals surface area (Å²) in [7, 11) is -11.2. The normalized spacial score (nSPS) is 12.4. The highest BCUT2D eigenvalue weighted by molar-refractivity contribution is 7.87. The molecule has 7 aromatic carbocycles. The molecule has 0 saturated carbocycles. The average molecular weight is 1290 g/mol. The molecular formula is C65H76N6O14S4. The van der Waals surface area contributed by atoms with Crippen LogP contribution in [0.1, 0.15) is 83.1 Å². The van der Waals surface area contributed by atoms with E-state index in [1.807, 2.05) is 104 Å². The summed E-state index contributed by atoms with van der Waals surface area (Å²) in [5.41, 5.74) is 0.563. The number of aromatic nitrogens is 1. The van der Waals surface area contributed by atoms with E-state index < -0.39 is 62.9 Å². The smallest absolute Gasteiger partial charge is 0.297 e. The van der Waals surface area contributed by atoms with Gasteiger partial charge in [-0.3, -0.25) is 21.7 Å². The Labute approximate surface area is 524 Å². The number of anilines is 1. The first-order valence-electron chi connectivity index (χ1n) is 27.6. The molecule has 0 atom stereocenters. The van der Waals surface area contributed by atoms with Crippen molar-refractivity contribution in [2.75, 3.05) is 19.0 Å². The van der Waals surface area contributed by atoms with Crippen LogP contribution in [0.25, 0.3) is 0 Å². The maximum absolute atomic E-state index is 12.1. The zero-order valence-electron chi connectivity index (χ0n) is 52.2. The van der Waals surface area contributed by atoms with Gasteiger partial charge in [-0.05, 0) is 241 Å². The molecule has 0 bridgehead atoms. The lowest BCUT2D eigenvalue weighted by atomic mass is 10.2. The van der Waals surface area contributed by atoms with Crippen molar-refractivity contribution in [3.63, 3.8) is 0 Å². The third-order valence-corrected chi connectivity index (χ3v) is 16.7. The van der Waals surface area contributed by atoms with Crippen molar-refractivity contribution in [3.05, 3.63) is 207 Å². The van der Waals surface area contributed by atoms with Gasteiger partial charge in [0.25, 0.3) is 40.5 Å². The molecular weight excluding hydrogens is 1220 g/mol. The summed E-state index contributed by atoms with van der Waals surface area (Å²) in [4.78, 5) is 6.33. The van der Waals surface area contributed by atoms with Crippen LogP contribution in [0.5, 0.6) is 23.0 Å². The molecule has 1 aromatic heterocycles. The lowest BCUT2D eigenvalue weighted by molar-refractivity contribution is 0.138. The van der Waals surface area contributed by atoms with Crippen molar-refractivity contribution in [2.45, 2.75) is 125 Å². The van der Waals surface area contributed by atoms with Crippen molar-refractivity contribution in [3.8, 4) is 23.0 Å². The molecule has 0 aliphatic rings. The van der Waals surface area contributed by atoms with Gasteiger partial charge in [0.05, 0.1) is 70.9 Å². The Morgan fingerprint density at radius 3 is 0.865 bits per heavy atom. The minimum Gasteiger partial charge on any atom is -0.457 e. The summed E-state index contributed by atoms with van der Waals surface area (Å²) in [6.45, 7) is 20.3. The van der Waals surface area contributed by atoms with E-state index in [9.17, 15) is 33.7 Å². The molecule has 89 heavy (non-hydrogen) atoms. The fourth-order valence-electron chi connectivity index (χ4n) is 6.93. The van der Waals surface area contributed by atoms with E-state index in [-0.39, 0.29) is 19.6 Å². The molecule has 0 radical (unpaired) electrons. The molecule has 474 valence electrons. The first-order valence-corrected chi connectivity index (χ1v) is 33.2. The molecule has 8 rings (SSSR count). The van der Waals surface area contributed by atoms with Crippen LogP contribution in [0.15, 0.2) is 247 Å². The standard InChI is InChI=1S/C18H23N3O3S.C16H18N2O3S.C16H18O4S.C15H17NO4S/c1-18(2,3)24-25(22,23)17-12-8-15(9-13-17)20-19-14-6-10-16(11-7-14)21(4)5;1-16(2,3)21-22(19,20)15-11-9-14(10-12-15)18-17-13-7-5-4-6-8-13;1-16(2,3)20-21(17,18)15-11-9-14(10-12-15)19-13-7-5-4-6-8-13;1-15(2,3)20-21(17,18)14-8-6-12(7-9-14)19-13-5-4-10-16-11-13/h6-13H,1-5H3;4-12H,1-3H3;4-12H,1-3H3;4-11H,1-3H3. The maximum atomic E-state index is 12.1. The van der Waals surface area contributed by atoms with E-state index in [1.54, 1.807) is 156 Å². The van der Waals surface area contributed by atoms with Crippen LogP contribution >= 0.6 is 0 Å². The molecule has 0 N–H and O–H groups in total. The molecule has 0 aliphatic carbocycles. The lowest BCUT2D eigenvalue weighted by Crippen LogP contribution is -2.24. The Morgan fingerprint density at radius 2 is 0.573 bits per heavy atom. The quantitative estimate of drug-likeness (QED) is 0.0606.